The second-order valence-electron chi connectivity index (χ2n) is 3.46. The molecule has 1 unspecified atom stereocenters. The molecule has 1 N–H and O–H groups in total. The summed E-state index contributed by atoms with van der Waals surface area (Å²) in [7, 11) is 0. The van der Waals surface area contributed by atoms with Crippen molar-refractivity contribution in [1.29, 1.82) is 0 Å². The van der Waals surface area contributed by atoms with Crippen molar-refractivity contribution < 1.29 is 5.11 Å². The highest BCUT2D eigenvalue weighted by molar-refractivity contribution is 5.37. The van der Waals surface area contributed by atoms with Gasteiger partial charge < -0.3 is 5.11 Å². The number of aliphatic hydroxyl groups is 1. The molecule has 0 bridgehead atoms. The van der Waals surface area contributed by atoms with E-state index < -0.39 is 0 Å². The summed E-state index contributed by atoms with van der Waals surface area (Å²) in [5.41, 5.74) is 4.84. The molecule has 0 saturated heterocycles. The lowest BCUT2D eigenvalue weighted by atomic mass is 9.98. The van der Waals surface area contributed by atoms with Gasteiger partial charge in [-0.3, -0.25) is 0 Å². The Kier molecular flexibility index (Phi) is 2.53. The summed E-state index contributed by atoms with van der Waals surface area (Å²) in [4.78, 5) is 0. The van der Waals surface area contributed by atoms with Crippen molar-refractivity contribution in [1.82, 2.24) is 0 Å². The van der Waals surface area contributed by atoms with Crippen molar-refractivity contribution in [3.63, 3.8) is 0 Å². The molecule has 1 atom stereocenters. The highest BCUT2D eigenvalue weighted by atomic mass is 16.3. The van der Waals surface area contributed by atoms with Crippen molar-refractivity contribution in [2.24, 2.45) is 0 Å². The summed E-state index contributed by atoms with van der Waals surface area (Å²) < 4.78 is 0. The standard InChI is InChI=1S/C11H16O/c1-7-5-11(10(4)12)6-8(2)9(7)3/h5-6,10,12H,1-4H3. The predicted molar refractivity (Wildman–Crippen MR) is 51.3 cm³/mol. The summed E-state index contributed by atoms with van der Waals surface area (Å²) in [5, 5.41) is 9.36. The van der Waals surface area contributed by atoms with Gasteiger partial charge in [0, 0.05) is 0 Å². The molecule has 12 heavy (non-hydrogen) atoms. The van der Waals surface area contributed by atoms with E-state index in [4.69, 9.17) is 0 Å². The minimum Gasteiger partial charge on any atom is -0.389 e. The smallest absolute Gasteiger partial charge is 0.0762 e. The first-order valence-electron chi connectivity index (χ1n) is 4.28. The number of aryl methyl sites for hydroxylation is 2. The number of hydrogen-bond acceptors (Lipinski definition) is 1. The fraction of sp³-hybridized carbons (Fsp3) is 0.455. The van der Waals surface area contributed by atoms with Crippen LogP contribution in [0, 0.1) is 20.8 Å². The molecular weight excluding hydrogens is 148 g/mol. The fourth-order valence-corrected chi connectivity index (χ4v) is 1.31. The van der Waals surface area contributed by atoms with Gasteiger partial charge in [0.2, 0.25) is 0 Å². The first-order valence-corrected chi connectivity index (χ1v) is 4.28. The molecule has 1 aromatic carbocycles. The normalized spacial score (nSPS) is 13.1. The summed E-state index contributed by atoms with van der Waals surface area (Å²) >= 11 is 0. The summed E-state index contributed by atoms with van der Waals surface area (Å²) in [5.74, 6) is 0. The van der Waals surface area contributed by atoms with E-state index in [1.54, 1.807) is 6.92 Å². The van der Waals surface area contributed by atoms with Crippen molar-refractivity contribution in [2.75, 3.05) is 0 Å². The largest absolute Gasteiger partial charge is 0.389 e. The third-order valence-electron chi connectivity index (χ3n) is 2.43. The first kappa shape index (κ1) is 9.27. The molecule has 0 aromatic heterocycles. The summed E-state index contributed by atoms with van der Waals surface area (Å²) in [6.07, 6.45) is -0.358. The van der Waals surface area contributed by atoms with E-state index in [2.05, 4.69) is 20.8 Å². The Labute approximate surface area is 74.1 Å². The molecule has 0 aliphatic carbocycles. The van der Waals surface area contributed by atoms with E-state index in [0.717, 1.165) is 5.56 Å². The third-order valence-corrected chi connectivity index (χ3v) is 2.43. The lowest BCUT2D eigenvalue weighted by Gasteiger charge is -2.10. The van der Waals surface area contributed by atoms with Crippen LogP contribution in [0.25, 0.3) is 0 Å². The minimum absolute atomic E-state index is 0.358. The van der Waals surface area contributed by atoms with Crippen LogP contribution in [-0.4, -0.2) is 5.11 Å². The zero-order valence-electron chi connectivity index (χ0n) is 8.18. The van der Waals surface area contributed by atoms with Gasteiger partial charge in [0.15, 0.2) is 0 Å². The first-order chi connectivity index (χ1) is 5.52. The van der Waals surface area contributed by atoms with E-state index >= 15 is 0 Å². The quantitative estimate of drug-likeness (QED) is 0.676. The molecule has 0 aliphatic rings. The van der Waals surface area contributed by atoms with Crippen LogP contribution in [0.4, 0.5) is 0 Å². The van der Waals surface area contributed by atoms with Crippen LogP contribution in [0.3, 0.4) is 0 Å². The van der Waals surface area contributed by atoms with Crippen molar-refractivity contribution in [3.8, 4) is 0 Å². The van der Waals surface area contributed by atoms with Crippen LogP contribution in [0.2, 0.25) is 0 Å². The van der Waals surface area contributed by atoms with Crippen molar-refractivity contribution in [3.05, 3.63) is 34.4 Å². The van der Waals surface area contributed by atoms with E-state index in [9.17, 15) is 5.11 Å². The van der Waals surface area contributed by atoms with E-state index in [1.165, 1.54) is 16.7 Å². The minimum atomic E-state index is -0.358. The topological polar surface area (TPSA) is 20.2 Å². The Morgan fingerprint density at radius 1 is 1.08 bits per heavy atom. The maximum absolute atomic E-state index is 9.36. The van der Waals surface area contributed by atoms with Gasteiger partial charge in [-0.2, -0.15) is 0 Å². The van der Waals surface area contributed by atoms with E-state index in [-0.39, 0.29) is 6.10 Å². The van der Waals surface area contributed by atoms with Gasteiger partial charge in [-0.15, -0.1) is 0 Å². The molecular formula is C11H16O. The van der Waals surface area contributed by atoms with Crippen LogP contribution in [0.15, 0.2) is 12.1 Å². The Morgan fingerprint density at radius 2 is 1.50 bits per heavy atom. The van der Waals surface area contributed by atoms with Crippen molar-refractivity contribution >= 4 is 0 Å². The van der Waals surface area contributed by atoms with Gasteiger partial charge in [-0.05, 0) is 49.9 Å². The summed E-state index contributed by atoms with van der Waals surface area (Å²) in [6, 6.07) is 4.10. The molecule has 0 spiro atoms. The number of rotatable bonds is 1. The SMILES string of the molecule is Cc1cc(C(C)O)cc(C)c1C. The van der Waals surface area contributed by atoms with Gasteiger partial charge >= 0.3 is 0 Å². The molecule has 1 heteroatoms. The molecule has 1 aromatic rings. The number of aliphatic hydroxyl groups excluding tert-OH is 1. The third kappa shape index (κ3) is 1.67. The summed E-state index contributed by atoms with van der Waals surface area (Å²) in [6.45, 7) is 8.06. The van der Waals surface area contributed by atoms with Gasteiger partial charge in [0.05, 0.1) is 6.10 Å². The highest BCUT2D eigenvalue weighted by Crippen LogP contribution is 2.19. The molecule has 0 radical (unpaired) electrons. The molecule has 0 saturated carbocycles. The van der Waals surface area contributed by atoms with Crippen molar-refractivity contribution in [2.45, 2.75) is 33.8 Å². The van der Waals surface area contributed by atoms with Gasteiger partial charge in [0.1, 0.15) is 0 Å². The Morgan fingerprint density at radius 3 is 1.83 bits per heavy atom. The maximum atomic E-state index is 9.36. The molecule has 0 fully saturated rings. The Bertz CT molecular complexity index is 264. The predicted octanol–water partition coefficient (Wildman–Crippen LogP) is 2.67. The van der Waals surface area contributed by atoms with Crippen LogP contribution in [0.1, 0.15) is 35.3 Å². The van der Waals surface area contributed by atoms with Crippen LogP contribution in [0.5, 0.6) is 0 Å². The second kappa shape index (κ2) is 3.28. The van der Waals surface area contributed by atoms with Gasteiger partial charge in [-0.1, -0.05) is 12.1 Å². The van der Waals surface area contributed by atoms with E-state index in [0.29, 0.717) is 0 Å². The Hall–Kier alpha value is -0.820. The zero-order valence-corrected chi connectivity index (χ0v) is 8.18. The average Bonchev–Trinajstić information content (AvgIpc) is 1.99. The van der Waals surface area contributed by atoms with Crippen LogP contribution in [-0.2, 0) is 0 Å². The van der Waals surface area contributed by atoms with E-state index in [1.807, 2.05) is 12.1 Å². The number of benzene rings is 1. The molecule has 66 valence electrons. The van der Waals surface area contributed by atoms with Gasteiger partial charge in [0.25, 0.3) is 0 Å². The highest BCUT2D eigenvalue weighted by Gasteiger charge is 2.04. The van der Waals surface area contributed by atoms with Gasteiger partial charge in [-0.25, -0.2) is 0 Å². The van der Waals surface area contributed by atoms with Crippen LogP contribution >= 0.6 is 0 Å². The fourth-order valence-electron chi connectivity index (χ4n) is 1.31. The second-order valence-corrected chi connectivity index (χ2v) is 3.46. The molecule has 0 amide bonds. The lowest BCUT2D eigenvalue weighted by molar-refractivity contribution is 0.199. The molecule has 1 rings (SSSR count). The lowest BCUT2D eigenvalue weighted by Crippen LogP contribution is -1.95. The van der Waals surface area contributed by atoms with Crippen LogP contribution < -0.4 is 0 Å². The number of hydrogen-bond donors (Lipinski definition) is 1. The molecule has 1 nitrogen and oxygen atoms in total. The Balaban J connectivity index is 3.21. The molecule has 0 aliphatic heterocycles. The monoisotopic (exact) mass is 164 g/mol. The maximum Gasteiger partial charge on any atom is 0.0762 e. The molecule has 0 heterocycles. The average molecular weight is 164 g/mol. The zero-order chi connectivity index (χ0) is 9.30.